The number of para-hydroxylation sites is 2. The van der Waals surface area contributed by atoms with Gasteiger partial charge in [0.1, 0.15) is 4.88 Å². The quantitative estimate of drug-likeness (QED) is 0.904. The predicted molar refractivity (Wildman–Crippen MR) is 93.3 cm³/mol. The summed E-state index contributed by atoms with van der Waals surface area (Å²) in [5, 5.41) is 13.6. The molecule has 2 aromatic rings. The molecule has 23 heavy (non-hydrogen) atoms. The van der Waals surface area contributed by atoms with E-state index in [0.29, 0.717) is 4.88 Å². The molecule has 1 aliphatic rings. The van der Waals surface area contributed by atoms with E-state index in [1.54, 1.807) is 6.20 Å². The first-order valence-electron chi connectivity index (χ1n) is 7.95. The molecule has 1 aliphatic heterocycles. The number of hydrogen-bond donors (Lipinski definition) is 2. The van der Waals surface area contributed by atoms with Crippen LogP contribution in [0.1, 0.15) is 34.4 Å². The van der Waals surface area contributed by atoms with Gasteiger partial charge in [0.05, 0.1) is 28.7 Å². The number of aromatic nitrogens is 1. The van der Waals surface area contributed by atoms with E-state index >= 15 is 0 Å². The van der Waals surface area contributed by atoms with Gasteiger partial charge in [-0.2, -0.15) is 0 Å². The number of aliphatic hydroxyl groups excluding tert-OH is 1. The summed E-state index contributed by atoms with van der Waals surface area (Å²) in [6, 6.07) is 7.82. The fourth-order valence-electron chi connectivity index (χ4n) is 2.72. The Bertz CT molecular complexity index is 678. The van der Waals surface area contributed by atoms with Gasteiger partial charge in [-0.15, -0.1) is 11.3 Å². The molecule has 0 aliphatic carbocycles. The van der Waals surface area contributed by atoms with E-state index in [9.17, 15) is 9.90 Å². The monoisotopic (exact) mass is 331 g/mol. The van der Waals surface area contributed by atoms with Gasteiger partial charge in [-0.3, -0.25) is 4.79 Å². The Morgan fingerprint density at radius 2 is 2.13 bits per heavy atom. The zero-order valence-electron chi connectivity index (χ0n) is 13.2. The Hall–Kier alpha value is -1.92. The second-order valence-corrected chi connectivity index (χ2v) is 6.78. The molecule has 1 aromatic heterocycles. The molecule has 1 saturated heterocycles. The number of aryl methyl sites for hydroxylation is 1. The maximum Gasteiger partial charge on any atom is 0.267 e. The van der Waals surface area contributed by atoms with Crippen LogP contribution in [0.5, 0.6) is 0 Å². The van der Waals surface area contributed by atoms with Crippen LogP contribution in [0.2, 0.25) is 0 Å². The number of nitrogens with zero attached hydrogens (tertiary/aromatic N) is 2. The third-order valence-corrected chi connectivity index (χ3v) is 5.18. The molecular weight excluding hydrogens is 310 g/mol. The summed E-state index contributed by atoms with van der Waals surface area (Å²) in [6.07, 6.45) is 3.79. The van der Waals surface area contributed by atoms with Gasteiger partial charge in [0, 0.05) is 13.1 Å². The Kier molecular flexibility index (Phi) is 4.93. The second kappa shape index (κ2) is 7.10. The first-order valence-corrected chi connectivity index (χ1v) is 8.77. The van der Waals surface area contributed by atoms with Gasteiger partial charge in [0.2, 0.25) is 0 Å². The summed E-state index contributed by atoms with van der Waals surface area (Å²) < 4.78 is 0. The maximum atomic E-state index is 12.4. The molecular formula is C17H21N3O2S. The average molecular weight is 331 g/mol. The van der Waals surface area contributed by atoms with Crippen LogP contribution in [0.15, 0.2) is 30.5 Å². The summed E-state index contributed by atoms with van der Waals surface area (Å²) in [5.74, 6) is -0.119. The molecule has 1 amide bonds. The van der Waals surface area contributed by atoms with Crippen LogP contribution < -0.4 is 10.2 Å². The number of rotatable bonds is 4. The van der Waals surface area contributed by atoms with Crippen LogP contribution in [0, 0.1) is 0 Å². The standard InChI is InChI=1S/C17H21N3O2S/c1-2-16-18-11-15(23-16)17(22)19-13-5-3-4-6-14(13)20-9-7-12(21)8-10-20/h3-6,11-12,21H,2,7-10H2,1H3,(H,19,22). The van der Waals surface area contributed by atoms with Crippen LogP contribution in [-0.2, 0) is 6.42 Å². The number of aliphatic hydroxyl groups is 1. The fraction of sp³-hybridized carbons (Fsp3) is 0.412. The van der Waals surface area contributed by atoms with Gasteiger partial charge < -0.3 is 15.3 Å². The SMILES string of the molecule is CCc1ncc(C(=O)Nc2ccccc2N2CCC(O)CC2)s1. The third kappa shape index (κ3) is 3.71. The van der Waals surface area contributed by atoms with E-state index in [1.165, 1.54) is 11.3 Å². The lowest BCUT2D eigenvalue weighted by Crippen LogP contribution is -2.36. The Labute approximate surface area is 140 Å². The summed E-state index contributed by atoms with van der Waals surface area (Å²) in [4.78, 5) is 19.5. The molecule has 0 spiro atoms. The number of thiazole rings is 1. The molecule has 1 fully saturated rings. The van der Waals surface area contributed by atoms with Crippen molar-refractivity contribution in [1.82, 2.24) is 4.98 Å². The van der Waals surface area contributed by atoms with Crippen molar-refractivity contribution in [3.05, 3.63) is 40.3 Å². The Morgan fingerprint density at radius 1 is 1.39 bits per heavy atom. The highest BCUT2D eigenvalue weighted by atomic mass is 32.1. The minimum Gasteiger partial charge on any atom is -0.393 e. The van der Waals surface area contributed by atoms with E-state index in [-0.39, 0.29) is 12.0 Å². The molecule has 2 N–H and O–H groups in total. The summed E-state index contributed by atoms with van der Waals surface area (Å²) >= 11 is 1.43. The highest BCUT2D eigenvalue weighted by molar-refractivity contribution is 7.13. The van der Waals surface area contributed by atoms with Gasteiger partial charge in [0.15, 0.2) is 0 Å². The van der Waals surface area contributed by atoms with E-state index < -0.39 is 0 Å². The molecule has 0 radical (unpaired) electrons. The molecule has 122 valence electrons. The largest absolute Gasteiger partial charge is 0.393 e. The van der Waals surface area contributed by atoms with Crippen molar-refractivity contribution in [1.29, 1.82) is 0 Å². The third-order valence-electron chi connectivity index (χ3n) is 4.04. The minimum atomic E-state index is -0.210. The molecule has 0 bridgehead atoms. The highest BCUT2D eigenvalue weighted by Crippen LogP contribution is 2.29. The highest BCUT2D eigenvalue weighted by Gasteiger charge is 2.20. The number of benzene rings is 1. The van der Waals surface area contributed by atoms with Crippen molar-refractivity contribution in [3.63, 3.8) is 0 Å². The van der Waals surface area contributed by atoms with E-state index in [2.05, 4.69) is 15.2 Å². The summed E-state index contributed by atoms with van der Waals surface area (Å²) in [6.45, 7) is 3.63. The number of anilines is 2. The van der Waals surface area contributed by atoms with Crippen molar-refractivity contribution in [2.45, 2.75) is 32.3 Å². The zero-order valence-corrected chi connectivity index (χ0v) is 14.0. The van der Waals surface area contributed by atoms with Crippen LogP contribution in [0.4, 0.5) is 11.4 Å². The van der Waals surface area contributed by atoms with Crippen LogP contribution in [0.25, 0.3) is 0 Å². The van der Waals surface area contributed by atoms with Crippen molar-refractivity contribution in [2.24, 2.45) is 0 Å². The topological polar surface area (TPSA) is 65.5 Å². The predicted octanol–water partition coefficient (Wildman–Crippen LogP) is 2.92. The summed E-state index contributed by atoms with van der Waals surface area (Å²) in [5.41, 5.74) is 1.81. The van der Waals surface area contributed by atoms with Crippen molar-refractivity contribution in [3.8, 4) is 0 Å². The lowest BCUT2D eigenvalue weighted by Gasteiger charge is -2.32. The lowest BCUT2D eigenvalue weighted by molar-refractivity contribution is 0.103. The van der Waals surface area contributed by atoms with Crippen molar-refractivity contribution in [2.75, 3.05) is 23.3 Å². The average Bonchev–Trinajstić information content (AvgIpc) is 3.05. The first kappa shape index (κ1) is 16.0. The van der Waals surface area contributed by atoms with Crippen LogP contribution in [-0.4, -0.2) is 35.2 Å². The fourth-order valence-corrected chi connectivity index (χ4v) is 3.48. The van der Waals surface area contributed by atoms with E-state index in [0.717, 1.165) is 48.7 Å². The second-order valence-electron chi connectivity index (χ2n) is 5.66. The first-order chi connectivity index (χ1) is 11.2. The molecule has 3 rings (SSSR count). The Morgan fingerprint density at radius 3 is 2.83 bits per heavy atom. The minimum absolute atomic E-state index is 0.119. The zero-order chi connectivity index (χ0) is 16.2. The number of carbonyl (C=O) groups excluding carboxylic acids is 1. The van der Waals surface area contributed by atoms with Crippen molar-refractivity contribution < 1.29 is 9.90 Å². The smallest absolute Gasteiger partial charge is 0.267 e. The normalized spacial score (nSPS) is 15.7. The van der Waals surface area contributed by atoms with Gasteiger partial charge in [-0.25, -0.2) is 4.98 Å². The molecule has 0 atom stereocenters. The number of hydrogen-bond acceptors (Lipinski definition) is 5. The maximum absolute atomic E-state index is 12.4. The van der Waals surface area contributed by atoms with Gasteiger partial charge in [0.25, 0.3) is 5.91 Å². The lowest BCUT2D eigenvalue weighted by atomic mass is 10.1. The number of amides is 1. The van der Waals surface area contributed by atoms with Gasteiger partial charge in [-0.1, -0.05) is 19.1 Å². The number of carbonyl (C=O) groups is 1. The number of nitrogens with one attached hydrogen (secondary N) is 1. The van der Waals surface area contributed by atoms with Gasteiger partial charge in [-0.05, 0) is 31.4 Å². The molecule has 0 unspecified atom stereocenters. The van der Waals surface area contributed by atoms with Gasteiger partial charge >= 0.3 is 0 Å². The number of piperidine rings is 1. The molecule has 5 nitrogen and oxygen atoms in total. The molecule has 2 heterocycles. The van der Waals surface area contributed by atoms with Crippen LogP contribution in [0.3, 0.4) is 0 Å². The van der Waals surface area contributed by atoms with Crippen molar-refractivity contribution >= 4 is 28.6 Å². The van der Waals surface area contributed by atoms with E-state index in [4.69, 9.17) is 0 Å². The summed E-state index contributed by atoms with van der Waals surface area (Å²) in [7, 11) is 0. The Balaban J connectivity index is 1.76. The van der Waals surface area contributed by atoms with E-state index in [1.807, 2.05) is 31.2 Å². The van der Waals surface area contributed by atoms with Crippen LogP contribution >= 0.6 is 11.3 Å². The molecule has 0 saturated carbocycles. The molecule has 1 aromatic carbocycles. The molecule has 6 heteroatoms.